The van der Waals surface area contributed by atoms with Crippen molar-refractivity contribution in [2.45, 2.75) is 25.7 Å². The standard InChI is InChI=1S/C20H26N4O2S/c21-18(25)17-16(15-8-2-1-3-9-15)14-27-19(17)23-20(26)22-10-4-5-11-24-12-6-7-13-24/h1-3,8-9,14H,4-7,10-13H2,(H2,21,25)(H2,22,23,26). The van der Waals surface area contributed by atoms with Crippen molar-refractivity contribution in [2.75, 3.05) is 31.5 Å². The van der Waals surface area contributed by atoms with Crippen molar-refractivity contribution < 1.29 is 9.59 Å². The molecule has 4 N–H and O–H groups in total. The number of nitrogens with two attached hydrogens (primary N) is 1. The fraction of sp³-hybridized carbons (Fsp3) is 0.400. The van der Waals surface area contributed by atoms with Crippen LogP contribution >= 0.6 is 11.3 Å². The molecular weight excluding hydrogens is 360 g/mol. The monoisotopic (exact) mass is 386 g/mol. The minimum atomic E-state index is -0.545. The first-order valence-corrected chi connectivity index (χ1v) is 10.3. The van der Waals surface area contributed by atoms with Gasteiger partial charge in [0.25, 0.3) is 5.91 Å². The van der Waals surface area contributed by atoms with E-state index < -0.39 is 5.91 Å². The number of rotatable bonds is 8. The summed E-state index contributed by atoms with van der Waals surface area (Å²) in [6.07, 6.45) is 4.61. The summed E-state index contributed by atoms with van der Waals surface area (Å²) in [6, 6.07) is 9.24. The van der Waals surface area contributed by atoms with Crippen LogP contribution in [0.2, 0.25) is 0 Å². The van der Waals surface area contributed by atoms with E-state index in [1.54, 1.807) is 0 Å². The second-order valence-corrected chi connectivity index (χ2v) is 7.60. The molecule has 1 saturated heterocycles. The molecular formula is C20H26N4O2S. The van der Waals surface area contributed by atoms with Gasteiger partial charge in [-0.15, -0.1) is 11.3 Å². The molecule has 0 radical (unpaired) electrons. The van der Waals surface area contributed by atoms with Crippen molar-refractivity contribution in [3.05, 3.63) is 41.3 Å². The number of amides is 3. The summed E-state index contributed by atoms with van der Waals surface area (Å²) in [5.41, 5.74) is 7.57. The van der Waals surface area contributed by atoms with Gasteiger partial charge in [0.1, 0.15) is 5.00 Å². The average molecular weight is 387 g/mol. The zero-order valence-corrected chi connectivity index (χ0v) is 16.2. The van der Waals surface area contributed by atoms with Gasteiger partial charge in [0.05, 0.1) is 5.56 Å². The molecule has 2 heterocycles. The van der Waals surface area contributed by atoms with Gasteiger partial charge in [-0.3, -0.25) is 10.1 Å². The quantitative estimate of drug-likeness (QED) is 0.607. The van der Waals surface area contributed by atoms with Crippen LogP contribution in [0.5, 0.6) is 0 Å². The van der Waals surface area contributed by atoms with Crippen LogP contribution in [0.1, 0.15) is 36.0 Å². The van der Waals surface area contributed by atoms with Gasteiger partial charge >= 0.3 is 6.03 Å². The van der Waals surface area contributed by atoms with Crippen LogP contribution in [0.25, 0.3) is 11.1 Å². The molecule has 0 spiro atoms. The zero-order valence-electron chi connectivity index (χ0n) is 15.4. The lowest BCUT2D eigenvalue weighted by Gasteiger charge is -2.14. The van der Waals surface area contributed by atoms with Gasteiger partial charge in [-0.25, -0.2) is 4.79 Å². The highest BCUT2D eigenvalue weighted by molar-refractivity contribution is 7.15. The second-order valence-electron chi connectivity index (χ2n) is 6.72. The van der Waals surface area contributed by atoms with E-state index in [4.69, 9.17) is 5.73 Å². The van der Waals surface area contributed by atoms with Gasteiger partial charge < -0.3 is 16.0 Å². The molecule has 7 heteroatoms. The number of carbonyl (C=O) groups excluding carboxylic acids is 2. The number of thiophene rings is 1. The molecule has 0 unspecified atom stereocenters. The summed E-state index contributed by atoms with van der Waals surface area (Å²) in [5.74, 6) is -0.545. The van der Waals surface area contributed by atoms with Crippen LogP contribution in [-0.4, -0.2) is 43.0 Å². The Hall–Kier alpha value is -2.38. The molecule has 1 aliphatic heterocycles. The topological polar surface area (TPSA) is 87.5 Å². The zero-order chi connectivity index (χ0) is 19.1. The van der Waals surface area contributed by atoms with Crippen molar-refractivity contribution in [1.29, 1.82) is 0 Å². The van der Waals surface area contributed by atoms with Crippen LogP contribution in [0, 0.1) is 0 Å². The summed E-state index contributed by atoms with van der Waals surface area (Å²) < 4.78 is 0. The Morgan fingerprint density at radius 2 is 1.85 bits per heavy atom. The molecule has 1 fully saturated rings. The van der Waals surface area contributed by atoms with Crippen LogP contribution < -0.4 is 16.4 Å². The number of nitrogens with one attached hydrogen (secondary N) is 2. The van der Waals surface area contributed by atoms with E-state index >= 15 is 0 Å². The third-order valence-corrected chi connectivity index (χ3v) is 5.63. The molecule has 27 heavy (non-hydrogen) atoms. The average Bonchev–Trinajstić information content (AvgIpc) is 3.32. The van der Waals surface area contributed by atoms with Crippen molar-refractivity contribution in [2.24, 2.45) is 5.73 Å². The maximum Gasteiger partial charge on any atom is 0.319 e. The second kappa shape index (κ2) is 9.53. The minimum absolute atomic E-state index is 0.305. The van der Waals surface area contributed by atoms with Crippen LogP contribution in [0.4, 0.5) is 9.80 Å². The fourth-order valence-corrected chi connectivity index (χ4v) is 4.31. The van der Waals surface area contributed by atoms with E-state index in [-0.39, 0.29) is 6.03 Å². The first-order valence-electron chi connectivity index (χ1n) is 9.39. The van der Waals surface area contributed by atoms with Crippen LogP contribution in [0.3, 0.4) is 0 Å². The van der Waals surface area contributed by atoms with E-state index in [2.05, 4.69) is 15.5 Å². The molecule has 1 aliphatic rings. The Morgan fingerprint density at radius 3 is 2.56 bits per heavy atom. The van der Waals surface area contributed by atoms with Crippen molar-refractivity contribution in [1.82, 2.24) is 10.2 Å². The number of unbranched alkanes of at least 4 members (excludes halogenated alkanes) is 1. The molecule has 144 valence electrons. The van der Waals surface area contributed by atoms with E-state index in [0.29, 0.717) is 17.1 Å². The number of benzene rings is 1. The first-order chi connectivity index (χ1) is 13.1. The third kappa shape index (κ3) is 5.30. The summed E-state index contributed by atoms with van der Waals surface area (Å²) in [6.45, 7) is 4.11. The molecule has 1 aromatic heterocycles. The molecule has 3 amide bonds. The van der Waals surface area contributed by atoms with Crippen LogP contribution in [0.15, 0.2) is 35.7 Å². The van der Waals surface area contributed by atoms with Gasteiger partial charge in [0.2, 0.25) is 0 Å². The van der Waals surface area contributed by atoms with Gasteiger partial charge in [-0.2, -0.15) is 0 Å². The molecule has 0 aliphatic carbocycles. The highest BCUT2D eigenvalue weighted by atomic mass is 32.1. The maximum absolute atomic E-state index is 12.2. The van der Waals surface area contributed by atoms with Gasteiger partial charge in [0.15, 0.2) is 0 Å². The lowest BCUT2D eigenvalue weighted by molar-refractivity contribution is 0.100. The van der Waals surface area contributed by atoms with Crippen molar-refractivity contribution in [3.8, 4) is 11.1 Å². The van der Waals surface area contributed by atoms with E-state index in [1.807, 2.05) is 35.7 Å². The van der Waals surface area contributed by atoms with Crippen LogP contribution in [-0.2, 0) is 0 Å². The Bertz CT molecular complexity index is 770. The Balaban J connectivity index is 1.51. The predicted molar refractivity (Wildman–Crippen MR) is 110 cm³/mol. The number of carbonyl (C=O) groups is 2. The van der Waals surface area contributed by atoms with E-state index in [9.17, 15) is 9.59 Å². The Morgan fingerprint density at radius 1 is 1.11 bits per heavy atom. The van der Waals surface area contributed by atoms with Gasteiger partial charge in [-0.1, -0.05) is 30.3 Å². The molecule has 6 nitrogen and oxygen atoms in total. The lowest BCUT2D eigenvalue weighted by atomic mass is 10.0. The number of hydrogen-bond acceptors (Lipinski definition) is 4. The molecule has 1 aromatic carbocycles. The minimum Gasteiger partial charge on any atom is -0.365 e. The Labute approximate surface area is 163 Å². The van der Waals surface area contributed by atoms with Crippen molar-refractivity contribution >= 4 is 28.3 Å². The molecule has 0 atom stereocenters. The SMILES string of the molecule is NC(=O)c1c(-c2ccccc2)csc1NC(=O)NCCCCN1CCCC1. The van der Waals surface area contributed by atoms with Gasteiger partial charge in [0, 0.05) is 17.5 Å². The number of likely N-dealkylation sites (tertiary alicyclic amines) is 1. The maximum atomic E-state index is 12.2. The number of hydrogen-bond donors (Lipinski definition) is 3. The number of primary amides is 1. The van der Waals surface area contributed by atoms with Gasteiger partial charge in [-0.05, 0) is 50.9 Å². The molecule has 2 aromatic rings. The lowest BCUT2D eigenvalue weighted by Crippen LogP contribution is -2.30. The number of urea groups is 1. The number of nitrogens with zero attached hydrogens (tertiary/aromatic N) is 1. The van der Waals surface area contributed by atoms with E-state index in [1.165, 1.54) is 37.3 Å². The van der Waals surface area contributed by atoms with Crippen molar-refractivity contribution in [3.63, 3.8) is 0 Å². The highest BCUT2D eigenvalue weighted by Crippen LogP contribution is 2.35. The first kappa shape index (κ1) is 19.4. The third-order valence-electron chi connectivity index (χ3n) is 4.73. The number of anilines is 1. The molecule has 0 saturated carbocycles. The smallest absolute Gasteiger partial charge is 0.319 e. The van der Waals surface area contributed by atoms with E-state index in [0.717, 1.165) is 30.5 Å². The fourth-order valence-electron chi connectivity index (χ4n) is 3.34. The summed E-state index contributed by atoms with van der Waals surface area (Å²) in [5, 5.41) is 7.96. The normalized spacial score (nSPS) is 14.2. The molecule has 0 bridgehead atoms. The summed E-state index contributed by atoms with van der Waals surface area (Å²) in [7, 11) is 0. The summed E-state index contributed by atoms with van der Waals surface area (Å²) in [4.78, 5) is 26.6. The molecule has 3 rings (SSSR count). The highest BCUT2D eigenvalue weighted by Gasteiger charge is 2.19. The predicted octanol–water partition coefficient (Wildman–Crippen LogP) is 3.51. The Kier molecular flexibility index (Phi) is 6.84. The largest absolute Gasteiger partial charge is 0.365 e. The summed E-state index contributed by atoms with van der Waals surface area (Å²) >= 11 is 1.31.